The Hall–Kier alpha value is -0.190. The molecule has 0 saturated carbocycles. The molecule has 0 atom stereocenters. The lowest BCUT2D eigenvalue weighted by Crippen LogP contribution is -2.17. The highest BCUT2D eigenvalue weighted by atomic mass is 35.5. The summed E-state index contributed by atoms with van der Waals surface area (Å²) in [5.41, 5.74) is 5.01. The second-order valence-electron chi connectivity index (χ2n) is 2.38. The molecule has 2 N–H and O–H groups in total. The molecule has 1 aromatic rings. The minimum atomic E-state index is -2.83. The molecule has 0 unspecified atom stereocenters. The van der Waals surface area contributed by atoms with E-state index >= 15 is 0 Å². The summed E-state index contributed by atoms with van der Waals surface area (Å²) < 4.78 is 26.5. The van der Waals surface area contributed by atoms with Crippen molar-refractivity contribution >= 4 is 22.9 Å². The molecule has 1 rings (SSSR count). The number of alkyl halides is 2. The third-order valence-electron chi connectivity index (χ3n) is 1.45. The molecule has 0 bridgehead atoms. The van der Waals surface area contributed by atoms with Crippen LogP contribution in [0.2, 0.25) is 4.34 Å². The second kappa shape index (κ2) is 3.68. The molecule has 0 spiro atoms. The fourth-order valence-electron chi connectivity index (χ4n) is 0.827. The van der Waals surface area contributed by atoms with Gasteiger partial charge in [0.2, 0.25) is 0 Å². The molecular weight excluding hydrogens is 204 g/mol. The summed E-state index contributed by atoms with van der Waals surface area (Å²) in [4.78, 5) is 0. The Bertz CT molecular complexity index is 262. The van der Waals surface area contributed by atoms with E-state index in [0.29, 0.717) is 4.34 Å². The van der Waals surface area contributed by atoms with Gasteiger partial charge in [-0.15, -0.1) is 11.3 Å². The van der Waals surface area contributed by atoms with Crippen LogP contribution in [0.4, 0.5) is 8.78 Å². The molecule has 0 aromatic carbocycles. The summed E-state index contributed by atoms with van der Waals surface area (Å²) in [6, 6.07) is 1.28. The monoisotopic (exact) mass is 211 g/mol. The summed E-state index contributed by atoms with van der Waals surface area (Å²) in [7, 11) is 0. The van der Waals surface area contributed by atoms with Gasteiger partial charge in [0.15, 0.2) is 0 Å². The van der Waals surface area contributed by atoms with E-state index in [1.54, 1.807) is 0 Å². The molecule has 0 fully saturated rings. The van der Waals surface area contributed by atoms with Gasteiger partial charge in [-0.05, 0) is 12.6 Å². The molecule has 0 aliphatic carbocycles. The van der Waals surface area contributed by atoms with Crippen molar-refractivity contribution in [1.82, 2.24) is 0 Å². The third kappa shape index (κ3) is 2.15. The molecule has 5 heteroatoms. The van der Waals surface area contributed by atoms with E-state index in [2.05, 4.69) is 0 Å². The molecular formula is C7H8ClF2NS. The number of hydrogen-bond acceptors (Lipinski definition) is 2. The predicted molar refractivity (Wildman–Crippen MR) is 46.9 cm³/mol. The predicted octanol–water partition coefficient (Wildman–Crippen LogP) is 2.84. The van der Waals surface area contributed by atoms with Crippen LogP contribution in [0.5, 0.6) is 0 Å². The molecule has 0 saturated heterocycles. The van der Waals surface area contributed by atoms with Crippen LogP contribution in [-0.4, -0.2) is 6.54 Å². The van der Waals surface area contributed by atoms with Crippen molar-refractivity contribution in [2.75, 3.05) is 6.54 Å². The van der Waals surface area contributed by atoms with E-state index in [9.17, 15) is 8.78 Å². The minimum Gasteiger partial charge on any atom is -0.330 e. The summed E-state index contributed by atoms with van der Waals surface area (Å²) in [5, 5.41) is 1.36. The Labute approximate surface area is 78.1 Å². The Balaban J connectivity index is 2.81. The first kappa shape index (κ1) is 9.89. The quantitative estimate of drug-likeness (QED) is 0.818. The van der Waals surface area contributed by atoms with Gasteiger partial charge in [0, 0.05) is 17.4 Å². The highest BCUT2D eigenvalue weighted by Crippen LogP contribution is 2.35. The zero-order valence-corrected chi connectivity index (χ0v) is 7.76. The lowest BCUT2D eigenvalue weighted by Gasteiger charge is -2.12. The van der Waals surface area contributed by atoms with Crippen LogP contribution in [0, 0.1) is 0 Å². The zero-order chi connectivity index (χ0) is 9.19. The maximum absolute atomic E-state index is 13.0. The zero-order valence-electron chi connectivity index (χ0n) is 6.19. The van der Waals surface area contributed by atoms with Crippen LogP contribution in [0.25, 0.3) is 0 Å². The SMILES string of the molecule is NCCC(F)(F)c1csc(Cl)c1. The average Bonchev–Trinajstić information content (AvgIpc) is 2.36. The first-order valence-electron chi connectivity index (χ1n) is 3.38. The van der Waals surface area contributed by atoms with E-state index in [-0.39, 0.29) is 18.5 Å². The fourth-order valence-corrected chi connectivity index (χ4v) is 1.75. The largest absolute Gasteiger partial charge is 0.330 e. The Morgan fingerprint density at radius 3 is 2.67 bits per heavy atom. The lowest BCUT2D eigenvalue weighted by molar-refractivity contribution is -0.0102. The third-order valence-corrected chi connectivity index (χ3v) is 2.54. The van der Waals surface area contributed by atoms with Crippen LogP contribution in [0.1, 0.15) is 12.0 Å². The van der Waals surface area contributed by atoms with Gasteiger partial charge in [0.1, 0.15) is 0 Å². The number of thiophene rings is 1. The van der Waals surface area contributed by atoms with Crippen molar-refractivity contribution in [3.8, 4) is 0 Å². The minimum absolute atomic E-state index is 0.0273. The molecule has 0 aliphatic rings. The number of nitrogens with two attached hydrogens (primary N) is 1. The second-order valence-corrected chi connectivity index (χ2v) is 3.93. The first-order valence-corrected chi connectivity index (χ1v) is 4.64. The Morgan fingerprint density at radius 1 is 1.58 bits per heavy atom. The number of hydrogen-bond donors (Lipinski definition) is 1. The van der Waals surface area contributed by atoms with Gasteiger partial charge >= 0.3 is 0 Å². The molecule has 12 heavy (non-hydrogen) atoms. The Kier molecular flexibility index (Phi) is 3.04. The van der Waals surface area contributed by atoms with E-state index in [1.165, 1.54) is 11.4 Å². The van der Waals surface area contributed by atoms with Gasteiger partial charge in [-0.25, -0.2) is 8.78 Å². The maximum atomic E-state index is 13.0. The van der Waals surface area contributed by atoms with Crippen LogP contribution in [-0.2, 0) is 5.92 Å². The van der Waals surface area contributed by atoms with E-state index in [1.807, 2.05) is 0 Å². The van der Waals surface area contributed by atoms with Gasteiger partial charge in [0.25, 0.3) is 5.92 Å². The van der Waals surface area contributed by atoms with Crippen molar-refractivity contribution in [2.24, 2.45) is 5.73 Å². The van der Waals surface area contributed by atoms with Crippen LogP contribution in [0.3, 0.4) is 0 Å². The standard InChI is InChI=1S/C7H8ClF2NS/c8-6-3-5(4-12-6)7(9,10)1-2-11/h3-4H,1-2,11H2. The van der Waals surface area contributed by atoms with Crippen molar-refractivity contribution < 1.29 is 8.78 Å². The van der Waals surface area contributed by atoms with E-state index in [0.717, 1.165) is 11.3 Å². The van der Waals surface area contributed by atoms with Crippen LogP contribution >= 0.6 is 22.9 Å². The van der Waals surface area contributed by atoms with Gasteiger partial charge in [-0.1, -0.05) is 11.6 Å². The molecule has 1 nitrogen and oxygen atoms in total. The lowest BCUT2D eigenvalue weighted by atomic mass is 10.1. The van der Waals surface area contributed by atoms with Gasteiger partial charge < -0.3 is 5.73 Å². The van der Waals surface area contributed by atoms with Crippen molar-refractivity contribution in [2.45, 2.75) is 12.3 Å². The van der Waals surface area contributed by atoms with Gasteiger partial charge in [0.05, 0.1) is 4.34 Å². The molecule has 0 aliphatic heterocycles. The summed E-state index contributed by atoms with van der Waals surface area (Å²) in [6.45, 7) is -0.0273. The summed E-state index contributed by atoms with van der Waals surface area (Å²) in [6.07, 6.45) is -0.333. The number of rotatable bonds is 3. The number of halogens is 3. The molecule has 68 valence electrons. The first-order chi connectivity index (χ1) is 5.56. The molecule has 1 heterocycles. The fraction of sp³-hybridized carbons (Fsp3) is 0.429. The van der Waals surface area contributed by atoms with Crippen LogP contribution in [0.15, 0.2) is 11.4 Å². The van der Waals surface area contributed by atoms with Crippen molar-refractivity contribution in [3.05, 3.63) is 21.3 Å². The topological polar surface area (TPSA) is 26.0 Å². The highest BCUT2D eigenvalue weighted by Gasteiger charge is 2.31. The van der Waals surface area contributed by atoms with E-state index in [4.69, 9.17) is 17.3 Å². The smallest absolute Gasteiger partial charge is 0.275 e. The van der Waals surface area contributed by atoms with Crippen LogP contribution < -0.4 is 5.73 Å². The van der Waals surface area contributed by atoms with Crippen molar-refractivity contribution in [3.63, 3.8) is 0 Å². The normalized spacial score (nSPS) is 12.0. The summed E-state index contributed by atoms with van der Waals surface area (Å²) in [5.74, 6) is -2.83. The molecule has 0 radical (unpaired) electrons. The molecule has 1 aromatic heterocycles. The van der Waals surface area contributed by atoms with Gasteiger partial charge in [-0.2, -0.15) is 0 Å². The summed E-state index contributed by atoms with van der Waals surface area (Å²) >= 11 is 6.62. The Morgan fingerprint density at radius 2 is 2.25 bits per heavy atom. The molecule has 0 amide bonds. The van der Waals surface area contributed by atoms with Crippen molar-refractivity contribution in [1.29, 1.82) is 0 Å². The highest BCUT2D eigenvalue weighted by molar-refractivity contribution is 7.14. The van der Waals surface area contributed by atoms with Gasteiger partial charge in [-0.3, -0.25) is 0 Å². The maximum Gasteiger partial charge on any atom is 0.275 e. The van der Waals surface area contributed by atoms with E-state index < -0.39 is 5.92 Å². The average molecular weight is 212 g/mol.